The highest BCUT2D eigenvalue weighted by molar-refractivity contribution is 6.04. The molecule has 1 heterocycles. The number of amides is 1. The number of benzene rings is 1. The van der Waals surface area contributed by atoms with E-state index in [1.165, 1.54) is 0 Å². The Morgan fingerprint density at radius 1 is 1.26 bits per heavy atom. The number of aryl methyl sites for hydroxylation is 1. The minimum Gasteiger partial charge on any atom is -0.305 e. The Kier molecular flexibility index (Phi) is 3.42. The first kappa shape index (κ1) is 13.3. The SMILES string of the molecule is Cc1ccccc1C(=O)Nc1cc(C(C)(C)C)[nH]n1. The molecule has 1 amide bonds. The van der Waals surface area contributed by atoms with Gasteiger partial charge in [0, 0.05) is 22.7 Å². The van der Waals surface area contributed by atoms with E-state index in [1.54, 1.807) is 0 Å². The molecule has 4 nitrogen and oxygen atoms in total. The second-order valence-corrected chi connectivity index (χ2v) is 5.69. The van der Waals surface area contributed by atoms with Crippen LogP contribution in [0.1, 0.15) is 42.4 Å². The van der Waals surface area contributed by atoms with Gasteiger partial charge in [-0.05, 0) is 18.6 Å². The van der Waals surface area contributed by atoms with Crippen LogP contribution in [0.25, 0.3) is 0 Å². The van der Waals surface area contributed by atoms with E-state index >= 15 is 0 Å². The van der Waals surface area contributed by atoms with Crippen LogP contribution in [0.5, 0.6) is 0 Å². The molecular formula is C15H19N3O. The van der Waals surface area contributed by atoms with Gasteiger partial charge in [-0.1, -0.05) is 39.0 Å². The fraction of sp³-hybridized carbons (Fsp3) is 0.333. The lowest BCUT2D eigenvalue weighted by Gasteiger charge is -2.14. The molecule has 0 aliphatic heterocycles. The molecule has 0 unspecified atom stereocenters. The van der Waals surface area contributed by atoms with E-state index in [0.717, 1.165) is 11.3 Å². The molecular weight excluding hydrogens is 238 g/mol. The van der Waals surface area contributed by atoms with Gasteiger partial charge >= 0.3 is 0 Å². The first-order chi connectivity index (χ1) is 8.88. The maximum absolute atomic E-state index is 12.1. The third-order valence-electron chi connectivity index (χ3n) is 3.02. The molecule has 0 aliphatic carbocycles. The van der Waals surface area contributed by atoms with Gasteiger partial charge in [0.2, 0.25) is 0 Å². The monoisotopic (exact) mass is 257 g/mol. The molecule has 0 aliphatic rings. The highest BCUT2D eigenvalue weighted by Crippen LogP contribution is 2.22. The van der Waals surface area contributed by atoms with Gasteiger partial charge in [0.25, 0.3) is 5.91 Å². The molecule has 2 aromatic rings. The predicted octanol–water partition coefficient (Wildman–Crippen LogP) is 3.27. The van der Waals surface area contributed by atoms with E-state index in [4.69, 9.17) is 0 Å². The lowest BCUT2D eigenvalue weighted by Crippen LogP contribution is -2.13. The van der Waals surface area contributed by atoms with Gasteiger partial charge in [0.05, 0.1) is 0 Å². The summed E-state index contributed by atoms with van der Waals surface area (Å²) in [6, 6.07) is 9.36. The van der Waals surface area contributed by atoms with Gasteiger partial charge in [0.1, 0.15) is 0 Å². The molecule has 19 heavy (non-hydrogen) atoms. The summed E-state index contributed by atoms with van der Waals surface area (Å²) >= 11 is 0. The van der Waals surface area contributed by atoms with Crippen molar-refractivity contribution < 1.29 is 4.79 Å². The van der Waals surface area contributed by atoms with E-state index in [9.17, 15) is 4.79 Å². The molecule has 0 saturated carbocycles. The summed E-state index contributed by atoms with van der Waals surface area (Å²) < 4.78 is 0. The Morgan fingerprint density at radius 2 is 1.95 bits per heavy atom. The maximum Gasteiger partial charge on any atom is 0.257 e. The van der Waals surface area contributed by atoms with Crippen LogP contribution in [0, 0.1) is 6.92 Å². The Balaban J connectivity index is 2.16. The first-order valence-electron chi connectivity index (χ1n) is 6.31. The third kappa shape index (κ3) is 3.02. The number of H-pyrrole nitrogens is 1. The van der Waals surface area contributed by atoms with E-state index in [2.05, 4.69) is 36.3 Å². The molecule has 100 valence electrons. The van der Waals surface area contributed by atoms with Crippen molar-refractivity contribution in [3.8, 4) is 0 Å². The molecule has 2 rings (SSSR count). The zero-order valence-electron chi connectivity index (χ0n) is 11.7. The highest BCUT2D eigenvalue weighted by Gasteiger charge is 2.17. The van der Waals surface area contributed by atoms with Crippen LogP contribution in [0.2, 0.25) is 0 Å². The number of aromatic amines is 1. The second kappa shape index (κ2) is 4.88. The van der Waals surface area contributed by atoms with Crippen molar-refractivity contribution in [3.05, 3.63) is 47.2 Å². The summed E-state index contributed by atoms with van der Waals surface area (Å²) in [5.41, 5.74) is 2.60. The number of hydrogen-bond acceptors (Lipinski definition) is 2. The van der Waals surface area contributed by atoms with Crippen molar-refractivity contribution in [1.29, 1.82) is 0 Å². The minimum absolute atomic E-state index is 0.0152. The molecule has 0 spiro atoms. The topological polar surface area (TPSA) is 57.8 Å². The Hall–Kier alpha value is -2.10. The van der Waals surface area contributed by atoms with Crippen LogP contribution in [0.4, 0.5) is 5.82 Å². The normalized spacial score (nSPS) is 11.4. The van der Waals surface area contributed by atoms with E-state index in [-0.39, 0.29) is 11.3 Å². The summed E-state index contributed by atoms with van der Waals surface area (Å²) in [6.07, 6.45) is 0. The van der Waals surface area contributed by atoms with Crippen LogP contribution in [0.15, 0.2) is 30.3 Å². The first-order valence-corrected chi connectivity index (χ1v) is 6.31. The fourth-order valence-corrected chi connectivity index (χ4v) is 1.78. The number of nitrogens with one attached hydrogen (secondary N) is 2. The molecule has 0 fully saturated rings. The molecule has 0 bridgehead atoms. The summed E-state index contributed by atoms with van der Waals surface area (Å²) in [6.45, 7) is 8.19. The number of carbonyl (C=O) groups excluding carboxylic acids is 1. The second-order valence-electron chi connectivity index (χ2n) is 5.69. The summed E-state index contributed by atoms with van der Waals surface area (Å²) in [7, 11) is 0. The molecule has 0 saturated heterocycles. The summed E-state index contributed by atoms with van der Waals surface area (Å²) in [4.78, 5) is 12.1. The standard InChI is InChI=1S/C15H19N3O/c1-10-7-5-6-8-11(10)14(19)16-13-9-12(17-18-13)15(2,3)4/h5-9H,1-4H3,(H2,16,17,18,19). The number of rotatable bonds is 2. The van der Waals surface area contributed by atoms with E-state index < -0.39 is 0 Å². The average Bonchev–Trinajstić information content (AvgIpc) is 2.77. The Morgan fingerprint density at radius 3 is 2.53 bits per heavy atom. The Bertz CT molecular complexity index is 593. The molecule has 0 atom stereocenters. The van der Waals surface area contributed by atoms with Crippen LogP contribution in [0.3, 0.4) is 0 Å². The fourth-order valence-electron chi connectivity index (χ4n) is 1.78. The van der Waals surface area contributed by atoms with Gasteiger partial charge in [-0.25, -0.2) is 0 Å². The van der Waals surface area contributed by atoms with E-state index in [1.807, 2.05) is 37.3 Å². The minimum atomic E-state index is -0.134. The highest BCUT2D eigenvalue weighted by atomic mass is 16.1. The van der Waals surface area contributed by atoms with Gasteiger partial charge in [0.15, 0.2) is 5.82 Å². The van der Waals surface area contributed by atoms with Crippen molar-refractivity contribution in [2.45, 2.75) is 33.1 Å². The zero-order valence-corrected chi connectivity index (χ0v) is 11.7. The predicted molar refractivity (Wildman–Crippen MR) is 76.4 cm³/mol. The largest absolute Gasteiger partial charge is 0.305 e. The molecule has 1 aromatic carbocycles. The summed E-state index contributed by atoms with van der Waals surface area (Å²) in [5, 5.41) is 9.88. The number of aromatic nitrogens is 2. The van der Waals surface area contributed by atoms with Gasteiger partial charge < -0.3 is 5.32 Å². The molecule has 1 aromatic heterocycles. The van der Waals surface area contributed by atoms with Crippen molar-refractivity contribution in [2.75, 3.05) is 5.32 Å². The molecule has 0 radical (unpaired) electrons. The van der Waals surface area contributed by atoms with E-state index in [0.29, 0.717) is 11.4 Å². The third-order valence-corrected chi connectivity index (χ3v) is 3.02. The van der Waals surface area contributed by atoms with Crippen LogP contribution in [-0.2, 0) is 5.41 Å². The number of carbonyl (C=O) groups is 1. The van der Waals surface area contributed by atoms with Gasteiger partial charge in [-0.3, -0.25) is 9.89 Å². The number of anilines is 1. The van der Waals surface area contributed by atoms with Crippen molar-refractivity contribution in [2.24, 2.45) is 0 Å². The van der Waals surface area contributed by atoms with Crippen LogP contribution < -0.4 is 5.32 Å². The number of hydrogen-bond donors (Lipinski definition) is 2. The van der Waals surface area contributed by atoms with Crippen LogP contribution >= 0.6 is 0 Å². The quantitative estimate of drug-likeness (QED) is 0.867. The zero-order chi connectivity index (χ0) is 14.0. The lowest BCUT2D eigenvalue weighted by atomic mass is 9.92. The van der Waals surface area contributed by atoms with Crippen molar-refractivity contribution in [1.82, 2.24) is 10.2 Å². The lowest BCUT2D eigenvalue weighted by molar-refractivity contribution is 0.102. The van der Waals surface area contributed by atoms with Crippen molar-refractivity contribution >= 4 is 11.7 Å². The van der Waals surface area contributed by atoms with Gasteiger partial charge in [-0.2, -0.15) is 5.10 Å². The van der Waals surface area contributed by atoms with Crippen LogP contribution in [-0.4, -0.2) is 16.1 Å². The Labute approximate surface area is 113 Å². The smallest absolute Gasteiger partial charge is 0.257 e. The average molecular weight is 257 g/mol. The molecule has 4 heteroatoms. The number of nitrogens with zero attached hydrogens (tertiary/aromatic N) is 1. The van der Waals surface area contributed by atoms with Gasteiger partial charge in [-0.15, -0.1) is 0 Å². The molecule has 2 N–H and O–H groups in total. The van der Waals surface area contributed by atoms with Crippen molar-refractivity contribution in [3.63, 3.8) is 0 Å². The maximum atomic E-state index is 12.1. The summed E-state index contributed by atoms with van der Waals surface area (Å²) in [5.74, 6) is 0.420.